The molecule has 1 aliphatic heterocycles. The van der Waals surface area contributed by atoms with Crippen molar-refractivity contribution in [2.75, 3.05) is 32.7 Å². The third-order valence-electron chi connectivity index (χ3n) is 4.30. The van der Waals surface area contributed by atoms with E-state index in [0.29, 0.717) is 12.0 Å². The van der Waals surface area contributed by atoms with E-state index < -0.39 is 0 Å². The van der Waals surface area contributed by atoms with E-state index in [1.165, 1.54) is 18.4 Å². The van der Waals surface area contributed by atoms with Gasteiger partial charge in [0.15, 0.2) is 5.96 Å². The molecule has 0 radical (unpaired) electrons. The van der Waals surface area contributed by atoms with Crippen LogP contribution in [0.25, 0.3) is 0 Å². The van der Waals surface area contributed by atoms with Crippen molar-refractivity contribution in [1.29, 1.82) is 0 Å². The molecule has 1 aliphatic rings. The Hall–Kier alpha value is -0.600. The fourth-order valence-electron chi connectivity index (χ4n) is 2.84. The Balaban J connectivity index is 0.00000288. The zero-order chi connectivity index (χ0) is 16.5. The molecule has 1 fully saturated rings. The fourth-order valence-corrected chi connectivity index (χ4v) is 3.63. The molecule has 0 aliphatic carbocycles. The number of guanidine groups is 1. The van der Waals surface area contributed by atoms with Gasteiger partial charge in [0.05, 0.1) is 0 Å². The number of halogens is 1. The first-order valence-electron chi connectivity index (χ1n) is 8.63. The van der Waals surface area contributed by atoms with Gasteiger partial charge in [0, 0.05) is 44.7 Å². The van der Waals surface area contributed by atoms with Crippen molar-refractivity contribution in [3.05, 3.63) is 35.0 Å². The predicted octanol–water partition coefficient (Wildman–Crippen LogP) is 3.68. The lowest BCUT2D eigenvalue weighted by Crippen LogP contribution is -2.48. The number of rotatable bonds is 7. The second kappa shape index (κ2) is 11.9. The number of nitrogens with one attached hydrogen (secondary N) is 2. The first-order valence-corrected chi connectivity index (χ1v) is 9.57. The van der Waals surface area contributed by atoms with Crippen molar-refractivity contribution in [2.45, 2.75) is 38.6 Å². The summed E-state index contributed by atoms with van der Waals surface area (Å²) in [6.45, 7) is 13.2. The van der Waals surface area contributed by atoms with Crippen LogP contribution in [-0.2, 0) is 0 Å². The quantitative estimate of drug-likeness (QED) is 0.281. The second-order valence-corrected chi connectivity index (χ2v) is 6.97. The maximum Gasteiger partial charge on any atom is 0.191 e. The van der Waals surface area contributed by atoms with E-state index in [2.05, 4.69) is 52.8 Å². The van der Waals surface area contributed by atoms with E-state index >= 15 is 0 Å². The molecule has 2 heterocycles. The van der Waals surface area contributed by atoms with Gasteiger partial charge in [-0.15, -0.1) is 30.6 Å². The van der Waals surface area contributed by atoms with E-state index in [1.54, 1.807) is 11.3 Å². The van der Waals surface area contributed by atoms with Crippen molar-refractivity contribution < 1.29 is 0 Å². The minimum atomic E-state index is 0. The van der Waals surface area contributed by atoms with Gasteiger partial charge in [-0.25, -0.2) is 0 Å². The Morgan fingerprint density at radius 2 is 2.25 bits per heavy atom. The van der Waals surface area contributed by atoms with Crippen LogP contribution in [0.1, 0.15) is 38.2 Å². The average Bonchev–Trinajstić information content (AvgIpc) is 3.09. The second-order valence-electron chi connectivity index (χ2n) is 6.19. The minimum Gasteiger partial charge on any atom is -0.357 e. The fraction of sp³-hybridized carbons (Fsp3) is 0.611. The molecule has 0 spiro atoms. The molecule has 6 heteroatoms. The van der Waals surface area contributed by atoms with Gasteiger partial charge in [-0.1, -0.05) is 13.0 Å². The maximum absolute atomic E-state index is 4.79. The van der Waals surface area contributed by atoms with Gasteiger partial charge in [0.2, 0.25) is 0 Å². The number of hydrogen-bond donors (Lipinski definition) is 2. The molecular weight excluding hydrogens is 431 g/mol. The Morgan fingerprint density at radius 3 is 2.83 bits per heavy atom. The van der Waals surface area contributed by atoms with Crippen molar-refractivity contribution >= 4 is 41.3 Å². The van der Waals surface area contributed by atoms with E-state index in [-0.39, 0.29) is 24.0 Å². The molecule has 0 saturated carbocycles. The zero-order valence-corrected chi connectivity index (χ0v) is 18.0. The van der Waals surface area contributed by atoms with Crippen molar-refractivity contribution in [1.82, 2.24) is 15.5 Å². The first kappa shape index (κ1) is 21.4. The summed E-state index contributed by atoms with van der Waals surface area (Å²) >= 11 is 1.75. The van der Waals surface area contributed by atoms with Crippen LogP contribution in [0.15, 0.2) is 34.5 Å². The van der Waals surface area contributed by atoms with Gasteiger partial charge < -0.3 is 10.6 Å². The highest BCUT2D eigenvalue weighted by Crippen LogP contribution is 2.18. The summed E-state index contributed by atoms with van der Waals surface area (Å²) in [5, 5.41) is 11.3. The molecule has 1 atom stereocenters. The third-order valence-corrected chi connectivity index (χ3v) is 5.00. The van der Waals surface area contributed by atoms with E-state index in [0.717, 1.165) is 38.7 Å². The summed E-state index contributed by atoms with van der Waals surface area (Å²) in [4.78, 5) is 7.24. The average molecular weight is 462 g/mol. The Labute approximate surface area is 167 Å². The lowest BCUT2D eigenvalue weighted by molar-refractivity contribution is 0.225. The monoisotopic (exact) mass is 462 g/mol. The number of aliphatic imine (C=N–C) groups is 1. The molecule has 4 nitrogen and oxygen atoms in total. The summed E-state index contributed by atoms with van der Waals surface area (Å²) in [5.41, 5.74) is 1.38. The van der Waals surface area contributed by atoms with Crippen LogP contribution in [0, 0.1) is 0 Å². The van der Waals surface area contributed by atoms with E-state index in [1.807, 2.05) is 6.08 Å². The van der Waals surface area contributed by atoms with Gasteiger partial charge >= 0.3 is 0 Å². The Kier molecular flexibility index (Phi) is 10.6. The summed E-state index contributed by atoms with van der Waals surface area (Å²) in [5.74, 6) is 1.42. The van der Waals surface area contributed by atoms with Crippen molar-refractivity contribution in [2.24, 2.45) is 4.99 Å². The van der Waals surface area contributed by atoms with Crippen molar-refractivity contribution in [3.63, 3.8) is 0 Å². The molecule has 0 amide bonds. The van der Waals surface area contributed by atoms with E-state index in [9.17, 15) is 0 Å². The molecule has 136 valence electrons. The van der Waals surface area contributed by atoms with Crippen LogP contribution < -0.4 is 10.6 Å². The summed E-state index contributed by atoms with van der Waals surface area (Å²) in [7, 11) is 0. The highest BCUT2D eigenvalue weighted by atomic mass is 127. The molecule has 24 heavy (non-hydrogen) atoms. The number of hydrogen-bond acceptors (Lipinski definition) is 3. The van der Waals surface area contributed by atoms with Gasteiger partial charge in [-0.3, -0.25) is 9.89 Å². The summed E-state index contributed by atoms with van der Waals surface area (Å²) in [6, 6.07) is 2.71. The minimum absolute atomic E-state index is 0. The largest absolute Gasteiger partial charge is 0.357 e. The number of thiophene rings is 1. The molecular formula is C18H31IN4S. The normalized spacial score (nSPS) is 17.8. The molecule has 1 unspecified atom stereocenters. The van der Waals surface area contributed by atoms with Crippen LogP contribution in [0.2, 0.25) is 0 Å². The van der Waals surface area contributed by atoms with Gasteiger partial charge in [-0.2, -0.15) is 11.3 Å². The van der Waals surface area contributed by atoms with E-state index in [4.69, 9.17) is 4.99 Å². The maximum atomic E-state index is 4.79. The highest BCUT2D eigenvalue weighted by molar-refractivity contribution is 14.0. The van der Waals surface area contributed by atoms with Gasteiger partial charge in [0.25, 0.3) is 0 Å². The van der Waals surface area contributed by atoms with Gasteiger partial charge in [0.1, 0.15) is 0 Å². The lowest BCUT2D eigenvalue weighted by atomic mass is 10.1. The standard InChI is InChI=1S/C18H30N4S.HI/c1-4-9-22-10-6-17(7-11-22)21-18(19-5-2)20-13-15(3)16-8-12-23-14-16;/h4,8,12,14-15,17H,1,5-7,9-11,13H2,2-3H3,(H2,19,20,21);1H. The molecule has 2 N–H and O–H groups in total. The number of likely N-dealkylation sites (tertiary alicyclic amines) is 1. The SMILES string of the molecule is C=CCN1CCC(NC(=NCC(C)c2ccsc2)NCC)CC1.I. The molecule has 0 aromatic carbocycles. The predicted molar refractivity (Wildman–Crippen MR) is 117 cm³/mol. The molecule has 1 aromatic heterocycles. The van der Waals surface area contributed by atoms with Gasteiger partial charge in [-0.05, 0) is 42.2 Å². The molecule has 1 aromatic rings. The number of nitrogens with zero attached hydrogens (tertiary/aromatic N) is 2. The summed E-state index contributed by atoms with van der Waals surface area (Å²) < 4.78 is 0. The Bertz CT molecular complexity index is 481. The van der Waals surface area contributed by atoms with Crippen LogP contribution in [-0.4, -0.2) is 49.6 Å². The van der Waals surface area contributed by atoms with Crippen LogP contribution in [0.4, 0.5) is 0 Å². The molecule has 1 saturated heterocycles. The van der Waals surface area contributed by atoms with Crippen molar-refractivity contribution in [3.8, 4) is 0 Å². The molecule has 0 bridgehead atoms. The zero-order valence-electron chi connectivity index (χ0n) is 14.8. The smallest absolute Gasteiger partial charge is 0.191 e. The third kappa shape index (κ3) is 7.11. The molecule has 2 rings (SSSR count). The van der Waals surface area contributed by atoms with Crippen LogP contribution in [0.5, 0.6) is 0 Å². The Morgan fingerprint density at radius 1 is 1.50 bits per heavy atom. The number of piperidine rings is 1. The first-order chi connectivity index (χ1) is 11.2. The highest BCUT2D eigenvalue weighted by Gasteiger charge is 2.19. The van der Waals surface area contributed by atoms with Crippen LogP contribution >= 0.6 is 35.3 Å². The lowest BCUT2D eigenvalue weighted by Gasteiger charge is -2.32. The summed E-state index contributed by atoms with van der Waals surface area (Å²) in [6.07, 6.45) is 4.32. The topological polar surface area (TPSA) is 39.7 Å². The van der Waals surface area contributed by atoms with Crippen LogP contribution in [0.3, 0.4) is 0 Å².